The molecule has 9 nitrogen and oxygen atoms in total. The smallest absolute Gasteiger partial charge is 0.341 e. The zero-order chi connectivity index (χ0) is 20.0. The predicted octanol–water partition coefficient (Wildman–Crippen LogP) is 2.69. The lowest BCUT2D eigenvalue weighted by Gasteiger charge is -2.15. The van der Waals surface area contributed by atoms with E-state index in [1.54, 1.807) is 25.2 Å². The van der Waals surface area contributed by atoms with Crippen molar-refractivity contribution in [1.82, 2.24) is 0 Å². The molecule has 0 aliphatic carbocycles. The van der Waals surface area contributed by atoms with Crippen molar-refractivity contribution in [3.05, 3.63) is 63.7 Å². The first-order valence-corrected chi connectivity index (χ1v) is 7.84. The molecule has 0 radical (unpaired) electrons. The second kappa shape index (κ2) is 8.44. The Morgan fingerprint density at radius 3 is 2.63 bits per heavy atom. The van der Waals surface area contributed by atoms with Crippen molar-refractivity contribution in [3.8, 4) is 6.07 Å². The number of non-ortho nitro benzene ring substituents is 1. The summed E-state index contributed by atoms with van der Waals surface area (Å²) < 4.78 is 5.13. The maximum absolute atomic E-state index is 12.4. The number of amides is 1. The van der Waals surface area contributed by atoms with Crippen molar-refractivity contribution in [1.29, 1.82) is 5.26 Å². The van der Waals surface area contributed by atoms with Crippen molar-refractivity contribution in [2.24, 2.45) is 0 Å². The molecule has 0 bridgehead atoms. The molecule has 0 fully saturated rings. The maximum Gasteiger partial charge on any atom is 0.341 e. The van der Waals surface area contributed by atoms with E-state index in [1.807, 2.05) is 6.07 Å². The number of rotatable bonds is 6. The van der Waals surface area contributed by atoms with Crippen LogP contribution in [-0.4, -0.2) is 30.0 Å². The molecule has 0 aliphatic rings. The molecule has 0 saturated carbocycles. The molecule has 2 N–H and O–H groups in total. The summed E-state index contributed by atoms with van der Waals surface area (Å²) in [6, 6.07) is 11.9. The number of nitrogens with one attached hydrogen (secondary N) is 2. The zero-order valence-electron chi connectivity index (χ0n) is 14.6. The Bertz CT molecular complexity index is 936. The van der Waals surface area contributed by atoms with Crippen molar-refractivity contribution < 1.29 is 19.2 Å². The minimum Gasteiger partial charge on any atom is -0.449 e. The first-order valence-electron chi connectivity index (χ1n) is 7.84. The lowest BCUT2D eigenvalue weighted by Crippen LogP contribution is -2.30. The van der Waals surface area contributed by atoms with E-state index in [4.69, 9.17) is 10.00 Å². The van der Waals surface area contributed by atoms with Crippen LogP contribution in [0.25, 0.3) is 0 Å². The highest BCUT2D eigenvalue weighted by atomic mass is 16.6. The third kappa shape index (κ3) is 4.79. The summed E-state index contributed by atoms with van der Waals surface area (Å²) in [5.74, 6) is -1.48. The molecule has 9 heteroatoms. The fourth-order valence-corrected chi connectivity index (χ4v) is 2.22. The molecule has 0 aliphatic heterocycles. The fraction of sp³-hybridized carbons (Fsp3) is 0.167. The van der Waals surface area contributed by atoms with Crippen molar-refractivity contribution in [2.45, 2.75) is 13.0 Å². The van der Waals surface area contributed by atoms with Crippen LogP contribution in [0.5, 0.6) is 0 Å². The number of carbonyl (C=O) groups excluding carboxylic acids is 2. The number of esters is 1. The first-order chi connectivity index (χ1) is 12.8. The lowest BCUT2D eigenvalue weighted by atomic mass is 10.1. The van der Waals surface area contributed by atoms with Gasteiger partial charge in [-0.3, -0.25) is 14.9 Å². The lowest BCUT2D eigenvalue weighted by molar-refractivity contribution is -0.384. The van der Waals surface area contributed by atoms with E-state index in [-0.39, 0.29) is 11.3 Å². The zero-order valence-corrected chi connectivity index (χ0v) is 14.6. The van der Waals surface area contributed by atoms with Crippen molar-refractivity contribution in [2.75, 3.05) is 17.7 Å². The fourth-order valence-electron chi connectivity index (χ4n) is 2.22. The Hall–Kier alpha value is -3.93. The van der Waals surface area contributed by atoms with Gasteiger partial charge in [-0.1, -0.05) is 6.07 Å². The molecular formula is C18H16N4O5. The molecule has 138 valence electrons. The van der Waals surface area contributed by atoms with Crippen LogP contribution in [0, 0.1) is 21.4 Å². The number of hydrogen-bond acceptors (Lipinski definition) is 7. The van der Waals surface area contributed by atoms with E-state index < -0.39 is 22.9 Å². The van der Waals surface area contributed by atoms with Gasteiger partial charge in [-0.2, -0.15) is 5.26 Å². The summed E-state index contributed by atoms with van der Waals surface area (Å²) >= 11 is 0. The van der Waals surface area contributed by atoms with Gasteiger partial charge in [-0.15, -0.1) is 0 Å². The number of carbonyl (C=O) groups is 2. The number of benzene rings is 2. The summed E-state index contributed by atoms with van der Waals surface area (Å²) in [5, 5.41) is 25.1. The largest absolute Gasteiger partial charge is 0.449 e. The van der Waals surface area contributed by atoms with E-state index in [0.29, 0.717) is 16.9 Å². The van der Waals surface area contributed by atoms with Crippen LogP contribution in [0.3, 0.4) is 0 Å². The van der Waals surface area contributed by atoms with Crippen LogP contribution in [0.15, 0.2) is 42.5 Å². The molecule has 1 atom stereocenters. The normalized spacial score (nSPS) is 11.0. The SMILES string of the molecule is CNc1ccc([N+](=O)[O-])cc1C(=O)O[C@H](C)C(=O)Nc1cccc(C#N)c1. The number of nitro groups is 1. The Morgan fingerprint density at radius 2 is 2.00 bits per heavy atom. The van der Waals surface area contributed by atoms with Crippen molar-refractivity contribution >= 4 is 28.9 Å². The van der Waals surface area contributed by atoms with Gasteiger partial charge in [-0.05, 0) is 31.2 Å². The quantitative estimate of drug-likeness (QED) is 0.455. The first kappa shape index (κ1) is 19.4. The molecule has 0 heterocycles. The average molecular weight is 368 g/mol. The predicted molar refractivity (Wildman–Crippen MR) is 97.3 cm³/mol. The molecular weight excluding hydrogens is 352 g/mol. The van der Waals surface area contributed by atoms with E-state index in [0.717, 1.165) is 6.07 Å². The van der Waals surface area contributed by atoms with Gasteiger partial charge in [0, 0.05) is 30.6 Å². The van der Waals surface area contributed by atoms with Gasteiger partial charge in [0.25, 0.3) is 11.6 Å². The van der Waals surface area contributed by atoms with Crippen LogP contribution in [-0.2, 0) is 9.53 Å². The Morgan fingerprint density at radius 1 is 1.26 bits per heavy atom. The van der Waals surface area contributed by atoms with Gasteiger partial charge < -0.3 is 15.4 Å². The van der Waals surface area contributed by atoms with Gasteiger partial charge in [0.2, 0.25) is 0 Å². The maximum atomic E-state index is 12.4. The summed E-state index contributed by atoms with van der Waals surface area (Å²) in [6.45, 7) is 1.37. The van der Waals surface area contributed by atoms with E-state index >= 15 is 0 Å². The van der Waals surface area contributed by atoms with Gasteiger partial charge in [0.05, 0.1) is 22.1 Å². The standard InChI is InChI=1S/C18H16N4O5/c1-11(17(23)21-13-5-3-4-12(8-13)10-19)27-18(24)15-9-14(22(25)26)6-7-16(15)20-2/h3-9,11,20H,1-2H3,(H,21,23)/t11-/m1/s1. The van der Waals surface area contributed by atoms with Crippen LogP contribution in [0.2, 0.25) is 0 Å². The molecule has 2 rings (SSSR count). The van der Waals surface area contributed by atoms with E-state index in [2.05, 4.69) is 10.6 Å². The monoisotopic (exact) mass is 368 g/mol. The number of nitro benzene ring substituents is 1. The molecule has 27 heavy (non-hydrogen) atoms. The van der Waals surface area contributed by atoms with Crippen LogP contribution < -0.4 is 10.6 Å². The minimum atomic E-state index is -1.16. The average Bonchev–Trinajstić information content (AvgIpc) is 2.67. The second-order valence-corrected chi connectivity index (χ2v) is 5.47. The molecule has 0 saturated heterocycles. The second-order valence-electron chi connectivity index (χ2n) is 5.47. The highest BCUT2D eigenvalue weighted by Gasteiger charge is 2.23. The number of nitrogens with zero attached hydrogens (tertiary/aromatic N) is 2. The summed E-state index contributed by atoms with van der Waals surface area (Å²) in [7, 11) is 1.55. The summed E-state index contributed by atoms with van der Waals surface area (Å²) in [5.41, 5.74) is 0.755. The third-order valence-electron chi connectivity index (χ3n) is 3.62. The van der Waals surface area contributed by atoms with E-state index in [9.17, 15) is 19.7 Å². The molecule has 0 aromatic heterocycles. The van der Waals surface area contributed by atoms with Gasteiger partial charge >= 0.3 is 5.97 Å². The van der Waals surface area contributed by atoms with Crippen molar-refractivity contribution in [3.63, 3.8) is 0 Å². The number of anilines is 2. The molecule has 0 spiro atoms. The van der Waals surface area contributed by atoms with Crippen LogP contribution in [0.1, 0.15) is 22.8 Å². The molecule has 0 unspecified atom stereocenters. The molecule has 2 aromatic carbocycles. The van der Waals surface area contributed by atoms with Crippen LogP contribution in [0.4, 0.5) is 17.1 Å². The summed E-state index contributed by atoms with van der Waals surface area (Å²) in [4.78, 5) is 34.8. The number of nitriles is 1. The van der Waals surface area contributed by atoms with Gasteiger partial charge in [-0.25, -0.2) is 4.79 Å². The topological polar surface area (TPSA) is 134 Å². The van der Waals surface area contributed by atoms with Gasteiger partial charge in [0.15, 0.2) is 6.10 Å². The Balaban J connectivity index is 2.12. The van der Waals surface area contributed by atoms with Crippen LogP contribution >= 0.6 is 0 Å². The number of ether oxygens (including phenoxy) is 1. The van der Waals surface area contributed by atoms with Gasteiger partial charge in [0.1, 0.15) is 0 Å². The molecule has 1 amide bonds. The third-order valence-corrected chi connectivity index (χ3v) is 3.62. The number of hydrogen-bond donors (Lipinski definition) is 2. The summed E-state index contributed by atoms with van der Waals surface area (Å²) in [6.07, 6.45) is -1.16. The highest BCUT2D eigenvalue weighted by molar-refractivity contribution is 6.00. The van der Waals surface area contributed by atoms with E-state index in [1.165, 1.54) is 25.1 Å². The Kier molecular flexibility index (Phi) is 6.06. The minimum absolute atomic E-state index is 0.0576. The molecule has 2 aromatic rings. The Labute approximate surface area is 154 Å². The highest BCUT2D eigenvalue weighted by Crippen LogP contribution is 2.23.